The Morgan fingerprint density at radius 2 is 1.55 bits per heavy atom. The highest BCUT2D eigenvalue weighted by molar-refractivity contribution is 5.95. The molecule has 1 aromatic heterocycles. The number of aliphatic hydroxyl groups excluding tert-OH is 1. The van der Waals surface area contributed by atoms with Gasteiger partial charge in [0.25, 0.3) is 11.9 Å². The lowest BCUT2D eigenvalue weighted by Gasteiger charge is -2.25. The number of carbonyl (C=O) groups excluding carboxylic acids is 2. The summed E-state index contributed by atoms with van der Waals surface area (Å²) >= 11 is 0. The number of aromatic nitrogens is 4. The van der Waals surface area contributed by atoms with Crippen LogP contribution in [0.25, 0.3) is 0 Å². The predicted molar refractivity (Wildman–Crippen MR) is 121 cm³/mol. The lowest BCUT2D eigenvalue weighted by atomic mass is 9.99. The Morgan fingerprint density at radius 3 is 2.03 bits per heavy atom. The van der Waals surface area contributed by atoms with Crippen LogP contribution in [-0.4, -0.2) is 55.1 Å². The van der Waals surface area contributed by atoms with Crippen LogP contribution >= 0.6 is 0 Å². The summed E-state index contributed by atoms with van der Waals surface area (Å²) in [6, 6.07) is 17.5. The fourth-order valence-electron chi connectivity index (χ4n) is 3.22. The van der Waals surface area contributed by atoms with Crippen LogP contribution < -0.4 is 10.6 Å². The van der Waals surface area contributed by atoms with E-state index in [1.165, 1.54) is 11.6 Å². The minimum Gasteiger partial charge on any atom is -0.444 e. The van der Waals surface area contributed by atoms with Gasteiger partial charge in [-0.05, 0) is 49.2 Å². The van der Waals surface area contributed by atoms with Crippen LogP contribution in [0.3, 0.4) is 0 Å². The van der Waals surface area contributed by atoms with Gasteiger partial charge in [0.1, 0.15) is 17.7 Å². The predicted octanol–water partition coefficient (Wildman–Crippen LogP) is 2.52. The Balaban J connectivity index is 1.87. The number of hydrogen-bond acceptors (Lipinski definition) is 7. The molecule has 0 aliphatic rings. The van der Waals surface area contributed by atoms with Crippen LogP contribution in [0, 0.1) is 0 Å². The average molecular weight is 453 g/mol. The van der Waals surface area contributed by atoms with Crippen molar-refractivity contribution in [3.8, 4) is 0 Å². The van der Waals surface area contributed by atoms with Gasteiger partial charge in [0.15, 0.2) is 0 Å². The number of nitrogens with one attached hydrogen (secondary N) is 2. The second-order valence-electron chi connectivity index (χ2n) is 8.52. The summed E-state index contributed by atoms with van der Waals surface area (Å²) in [7, 11) is 0. The molecule has 2 aromatic carbocycles. The minimum absolute atomic E-state index is 0.0642. The van der Waals surface area contributed by atoms with E-state index in [0.717, 1.165) is 11.1 Å². The molecular weight excluding hydrogens is 424 g/mol. The Bertz CT molecular complexity index is 1020. The van der Waals surface area contributed by atoms with Crippen molar-refractivity contribution in [2.45, 2.75) is 51.5 Å². The van der Waals surface area contributed by atoms with Gasteiger partial charge in [0.2, 0.25) is 0 Å². The molecule has 174 valence electrons. The number of anilines is 1. The van der Waals surface area contributed by atoms with Gasteiger partial charge in [0.05, 0.1) is 6.10 Å². The van der Waals surface area contributed by atoms with E-state index in [9.17, 15) is 14.7 Å². The van der Waals surface area contributed by atoms with E-state index < -0.39 is 35.8 Å². The maximum absolute atomic E-state index is 13.0. The summed E-state index contributed by atoms with van der Waals surface area (Å²) in [6.07, 6.45) is -2.02. The molecule has 0 saturated carbocycles. The third-order valence-corrected chi connectivity index (χ3v) is 4.64. The van der Waals surface area contributed by atoms with Crippen LogP contribution in [0.1, 0.15) is 44.9 Å². The number of aliphatic hydroxyl groups is 1. The van der Waals surface area contributed by atoms with Crippen LogP contribution in [0.4, 0.5) is 10.7 Å². The largest absolute Gasteiger partial charge is 0.444 e. The highest BCUT2D eigenvalue weighted by atomic mass is 16.6. The van der Waals surface area contributed by atoms with E-state index in [1.54, 1.807) is 20.8 Å². The zero-order chi connectivity index (χ0) is 24.0. The molecule has 0 aliphatic heterocycles. The van der Waals surface area contributed by atoms with Crippen molar-refractivity contribution in [1.82, 2.24) is 25.5 Å². The van der Waals surface area contributed by atoms with E-state index in [-0.39, 0.29) is 5.95 Å². The molecule has 0 fully saturated rings. The fraction of sp³-hybridized carbons (Fsp3) is 0.348. The number of nitrogens with zero attached hydrogens (tertiary/aromatic N) is 4. The Morgan fingerprint density at radius 1 is 1.00 bits per heavy atom. The lowest BCUT2D eigenvalue weighted by molar-refractivity contribution is -0.120. The molecule has 0 spiro atoms. The molecule has 3 rings (SSSR count). The molecule has 0 radical (unpaired) electrons. The summed E-state index contributed by atoms with van der Waals surface area (Å²) in [5.74, 6) is -0.624. The molecule has 3 N–H and O–H groups in total. The van der Waals surface area contributed by atoms with Crippen molar-refractivity contribution in [2.24, 2.45) is 0 Å². The Labute approximate surface area is 192 Å². The van der Waals surface area contributed by atoms with Crippen molar-refractivity contribution in [3.63, 3.8) is 0 Å². The van der Waals surface area contributed by atoms with Crippen molar-refractivity contribution >= 4 is 17.9 Å². The number of carbonyl (C=O) groups is 2. The maximum Gasteiger partial charge on any atom is 0.408 e. The summed E-state index contributed by atoms with van der Waals surface area (Å²) in [6.45, 7) is 6.49. The monoisotopic (exact) mass is 452 g/mol. The van der Waals surface area contributed by atoms with Gasteiger partial charge in [-0.15, -0.1) is 0 Å². The van der Waals surface area contributed by atoms with Crippen LogP contribution in [0.2, 0.25) is 0 Å². The zero-order valence-electron chi connectivity index (χ0n) is 19.0. The van der Waals surface area contributed by atoms with Crippen molar-refractivity contribution in [2.75, 3.05) is 5.32 Å². The first kappa shape index (κ1) is 23.9. The molecule has 2 amide bonds. The molecule has 3 aromatic rings. The summed E-state index contributed by atoms with van der Waals surface area (Å²) < 4.78 is 6.68. The first-order valence-electron chi connectivity index (χ1n) is 10.5. The quantitative estimate of drug-likeness (QED) is 0.502. The zero-order valence-corrected chi connectivity index (χ0v) is 19.0. The second kappa shape index (κ2) is 10.2. The van der Waals surface area contributed by atoms with Crippen LogP contribution in [0.5, 0.6) is 0 Å². The first-order valence-corrected chi connectivity index (χ1v) is 10.5. The van der Waals surface area contributed by atoms with Crippen molar-refractivity contribution in [1.29, 1.82) is 0 Å². The minimum atomic E-state index is -1.28. The highest BCUT2D eigenvalue weighted by Gasteiger charge is 2.30. The maximum atomic E-state index is 13.0. The van der Waals surface area contributed by atoms with E-state index in [0.29, 0.717) is 0 Å². The smallest absolute Gasteiger partial charge is 0.408 e. The highest BCUT2D eigenvalue weighted by Crippen LogP contribution is 2.27. The Kier molecular flexibility index (Phi) is 7.39. The number of amides is 2. The molecule has 0 saturated heterocycles. The first-order chi connectivity index (χ1) is 15.7. The SMILES string of the molecule is C[C@@H](O)[C@H](NC(=O)OC(C)(C)C)C(=O)Nc1nnnn1C(c1ccccc1)c1ccccc1. The number of tetrazole rings is 1. The van der Waals surface area contributed by atoms with E-state index >= 15 is 0 Å². The van der Waals surface area contributed by atoms with E-state index in [4.69, 9.17) is 4.74 Å². The third kappa shape index (κ3) is 6.36. The third-order valence-electron chi connectivity index (χ3n) is 4.64. The second-order valence-corrected chi connectivity index (χ2v) is 8.52. The van der Waals surface area contributed by atoms with Gasteiger partial charge >= 0.3 is 6.09 Å². The molecule has 2 atom stereocenters. The van der Waals surface area contributed by atoms with E-state index in [2.05, 4.69) is 26.2 Å². The topological polar surface area (TPSA) is 131 Å². The van der Waals surface area contributed by atoms with Gasteiger partial charge in [-0.3, -0.25) is 10.1 Å². The van der Waals surface area contributed by atoms with Gasteiger partial charge in [0, 0.05) is 0 Å². The molecule has 10 heteroatoms. The molecule has 0 unspecified atom stereocenters. The summed E-state index contributed by atoms with van der Waals surface area (Å²) in [5.41, 5.74) is 1.06. The number of rotatable bonds is 7. The van der Waals surface area contributed by atoms with Crippen LogP contribution in [-0.2, 0) is 9.53 Å². The Hall–Kier alpha value is -3.79. The van der Waals surface area contributed by atoms with Gasteiger partial charge in [-0.1, -0.05) is 65.8 Å². The van der Waals surface area contributed by atoms with Crippen molar-refractivity contribution in [3.05, 3.63) is 71.8 Å². The lowest BCUT2D eigenvalue weighted by Crippen LogP contribution is -2.51. The van der Waals surface area contributed by atoms with Crippen molar-refractivity contribution < 1.29 is 19.4 Å². The molecule has 0 bridgehead atoms. The molecular formula is C23H28N6O4. The molecule has 1 heterocycles. The normalized spacial score (nSPS) is 13.3. The summed E-state index contributed by atoms with van der Waals surface area (Å²) in [5, 5.41) is 26.9. The van der Waals surface area contributed by atoms with Gasteiger partial charge in [-0.25, -0.2) is 4.79 Å². The van der Waals surface area contributed by atoms with Gasteiger partial charge < -0.3 is 15.2 Å². The summed E-state index contributed by atoms with van der Waals surface area (Å²) in [4.78, 5) is 25.1. The number of alkyl carbamates (subject to hydrolysis) is 1. The number of hydrogen-bond donors (Lipinski definition) is 3. The number of ether oxygens (including phenoxy) is 1. The fourth-order valence-corrected chi connectivity index (χ4v) is 3.22. The van der Waals surface area contributed by atoms with Gasteiger partial charge in [-0.2, -0.15) is 4.68 Å². The molecule has 0 aliphatic carbocycles. The molecule has 33 heavy (non-hydrogen) atoms. The van der Waals surface area contributed by atoms with Crippen LogP contribution in [0.15, 0.2) is 60.7 Å². The number of benzene rings is 2. The molecule has 10 nitrogen and oxygen atoms in total. The van der Waals surface area contributed by atoms with E-state index in [1.807, 2.05) is 60.7 Å². The average Bonchev–Trinajstić information content (AvgIpc) is 3.20. The standard InChI is InChI=1S/C23H28N6O4/c1-15(30)18(24-22(32)33-23(2,3)4)20(31)25-21-26-27-28-29(21)19(16-11-7-5-8-12-16)17-13-9-6-10-14-17/h5-15,18-19,30H,1-4H3,(H,24,32)(H,25,26,28,31)/t15-,18+/m1/s1.